The molecule has 0 saturated heterocycles. The van der Waals surface area contributed by atoms with E-state index in [4.69, 9.17) is 0 Å². The van der Waals surface area contributed by atoms with Crippen molar-refractivity contribution in [2.45, 2.75) is 104 Å². The predicted molar refractivity (Wildman–Crippen MR) is 152 cm³/mol. The van der Waals surface area contributed by atoms with Gasteiger partial charge in [-0.1, -0.05) is 104 Å². The van der Waals surface area contributed by atoms with Gasteiger partial charge in [0.25, 0.3) is 0 Å². The minimum absolute atomic E-state index is 0.0192. The van der Waals surface area contributed by atoms with E-state index < -0.39 is 0 Å². The van der Waals surface area contributed by atoms with Crippen molar-refractivity contribution >= 4 is 11.4 Å². The Morgan fingerprint density at radius 1 is 0.750 bits per heavy atom. The minimum atomic E-state index is -0.352. The standard InChI is InChI=1S/C32H38O2.C2H6/c1-20-18-24-25(30(4,5)15-14-29(24,2)3)19-23(20)32(16-17-32)22-10-8-21(9-11-22)27-26(33)12-13-31(6,7)28(27)34;1-2/h8-11,14-15,18-19,34H,12-13,16-17H2,1-7H3;1-2H3. The van der Waals surface area contributed by atoms with E-state index in [2.05, 4.69) is 71.0 Å². The van der Waals surface area contributed by atoms with E-state index in [1.54, 1.807) is 0 Å². The van der Waals surface area contributed by atoms with Gasteiger partial charge in [0.05, 0.1) is 5.57 Å². The molecule has 0 heterocycles. The molecule has 0 radical (unpaired) electrons. The molecular formula is C34H44O2. The van der Waals surface area contributed by atoms with Gasteiger partial charge in [-0.3, -0.25) is 4.79 Å². The first kappa shape index (κ1) is 26.5. The molecule has 36 heavy (non-hydrogen) atoms. The molecule has 1 fully saturated rings. The van der Waals surface area contributed by atoms with Gasteiger partial charge in [0.2, 0.25) is 0 Å². The number of ketones is 1. The van der Waals surface area contributed by atoms with Crippen LogP contribution in [0.4, 0.5) is 0 Å². The Morgan fingerprint density at radius 2 is 1.28 bits per heavy atom. The number of rotatable bonds is 3. The lowest BCUT2D eigenvalue weighted by atomic mass is 9.66. The third-order valence-corrected chi connectivity index (χ3v) is 8.80. The van der Waals surface area contributed by atoms with Crippen molar-refractivity contribution in [2.75, 3.05) is 0 Å². The number of hydrogen-bond acceptors (Lipinski definition) is 2. The molecule has 192 valence electrons. The third kappa shape index (κ3) is 4.17. The van der Waals surface area contributed by atoms with Crippen molar-refractivity contribution in [3.63, 3.8) is 0 Å². The van der Waals surface area contributed by atoms with Crippen LogP contribution in [-0.4, -0.2) is 10.9 Å². The SMILES string of the molecule is CC.Cc1cc2c(cc1C1(c3ccc(C4=C(O)C(C)(C)CCC4=O)cc3)CC1)C(C)(C)C=CC2(C)C. The Morgan fingerprint density at radius 3 is 1.81 bits per heavy atom. The Kier molecular flexibility index (Phi) is 6.43. The van der Waals surface area contributed by atoms with Crippen LogP contribution in [-0.2, 0) is 21.0 Å². The highest BCUT2D eigenvalue weighted by Crippen LogP contribution is 2.56. The van der Waals surface area contributed by atoms with Crippen LogP contribution in [0.2, 0.25) is 0 Å². The molecule has 2 nitrogen and oxygen atoms in total. The topological polar surface area (TPSA) is 37.3 Å². The molecule has 3 aliphatic rings. The number of aliphatic hydroxyl groups is 1. The summed E-state index contributed by atoms with van der Waals surface area (Å²) in [5, 5.41) is 10.8. The second kappa shape index (κ2) is 8.75. The van der Waals surface area contributed by atoms with Crippen molar-refractivity contribution in [1.82, 2.24) is 0 Å². The maximum atomic E-state index is 12.7. The van der Waals surface area contributed by atoms with Gasteiger partial charge in [-0.2, -0.15) is 0 Å². The van der Waals surface area contributed by atoms with Gasteiger partial charge in [-0.05, 0) is 59.6 Å². The minimum Gasteiger partial charge on any atom is -0.511 e. The van der Waals surface area contributed by atoms with E-state index in [0.29, 0.717) is 18.4 Å². The molecule has 2 aromatic carbocycles. The molecule has 1 N–H and O–H groups in total. The first-order valence-corrected chi connectivity index (χ1v) is 13.7. The summed E-state index contributed by atoms with van der Waals surface area (Å²) >= 11 is 0. The van der Waals surface area contributed by atoms with Gasteiger partial charge in [-0.25, -0.2) is 0 Å². The lowest BCUT2D eigenvalue weighted by Crippen LogP contribution is -2.30. The monoisotopic (exact) mass is 484 g/mol. The van der Waals surface area contributed by atoms with Crippen molar-refractivity contribution in [3.8, 4) is 0 Å². The van der Waals surface area contributed by atoms with Crippen molar-refractivity contribution in [3.05, 3.63) is 87.7 Å². The zero-order chi connectivity index (χ0) is 26.7. The van der Waals surface area contributed by atoms with Crippen LogP contribution in [0.15, 0.2) is 54.3 Å². The van der Waals surface area contributed by atoms with Gasteiger partial charge in [0.15, 0.2) is 5.78 Å². The van der Waals surface area contributed by atoms with Gasteiger partial charge in [-0.15, -0.1) is 0 Å². The van der Waals surface area contributed by atoms with Crippen LogP contribution in [0.1, 0.15) is 114 Å². The first-order valence-electron chi connectivity index (χ1n) is 13.7. The predicted octanol–water partition coefficient (Wildman–Crippen LogP) is 8.88. The lowest BCUT2D eigenvalue weighted by molar-refractivity contribution is -0.115. The molecule has 1 saturated carbocycles. The zero-order valence-corrected chi connectivity index (χ0v) is 23.8. The molecule has 0 aromatic heterocycles. The summed E-state index contributed by atoms with van der Waals surface area (Å²) in [6.45, 7) is 19.5. The van der Waals surface area contributed by atoms with Crippen molar-refractivity contribution < 1.29 is 9.90 Å². The van der Waals surface area contributed by atoms with E-state index in [9.17, 15) is 9.90 Å². The van der Waals surface area contributed by atoms with Crippen LogP contribution in [0.5, 0.6) is 0 Å². The molecule has 3 aliphatic carbocycles. The maximum Gasteiger partial charge on any atom is 0.166 e. The van der Waals surface area contributed by atoms with E-state index in [-0.39, 0.29) is 33.2 Å². The lowest BCUT2D eigenvalue weighted by Gasteiger charge is -2.38. The van der Waals surface area contributed by atoms with Gasteiger partial charge in [0, 0.05) is 28.1 Å². The van der Waals surface area contributed by atoms with E-state index in [1.807, 2.05) is 39.8 Å². The summed E-state index contributed by atoms with van der Waals surface area (Å²) in [6, 6.07) is 13.4. The Hall–Kier alpha value is -2.61. The molecule has 0 spiro atoms. The fraction of sp³-hybridized carbons (Fsp3) is 0.500. The molecule has 5 rings (SSSR count). The van der Waals surface area contributed by atoms with Gasteiger partial charge in [0.1, 0.15) is 5.76 Å². The number of carbonyl (C=O) groups is 1. The molecule has 0 amide bonds. The number of fused-ring (bicyclic) bond motifs is 1. The molecule has 0 bridgehead atoms. The van der Waals surface area contributed by atoms with Gasteiger partial charge >= 0.3 is 0 Å². The van der Waals surface area contributed by atoms with E-state index in [0.717, 1.165) is 18.4 Å². The summed E-state index contributed by atoms with van der Waals surface area (Å²) in [7, 11) is 0. The maximum absolute atomic E-state index is 12.7. The molecular weight excluding hydrogens is 440 g/mol. The van der Waals surface area contributed by atoms with Crippen LogP contribution >= 0.6 is 0 Å². The second-order valence-electron chi connectivity index (χ2n) is 12.7. The number of carbonyl (C=O) groups excluding carboxylic acids is 1. The van der Waals surface area contributed by atoms with E-state index >= 15 is 0 Å². The normalized spacial score (nSPS) is 22.4. The average molecular weight is 485 g/mol. The molecule has 0 atom stereocenters. The Bertz CT molecular complexity index is 1240. The summed E-state index contributed by atoms with van der Waals surface area (Å²) < 4.78 is 0. The van der Waals surface area contributed by atoms with E-state index in [1.165, 1.54) is 27.8 Å². The molecule has 0 unspecified atom stereocenters. The molecule has 0 aliphatic heterocycles. The highest BCUT2D eigenvalue weighted by Gasteiger charge is 2.48. The average Bonchev–Trinajstić information content (AvgIpc) is 3.63. The number of aryl methyl sites for hydroxylation is 1. The fourth-order valence-electron chi connectivity index (χ4n) is 6.12. The smallest absolute Gasteiger partial charge is 0.166 e. The summed E-state index contributed by atoms with van der Waals surface area (Å²) in [5.74, 6) is 0.287. The number of benzene rings is 2. The van der Waals surface area contributed by atoms with Crippen molar-refractivity contribution in [2.24, 2.45) is 5.41 Å². The molecule has 2 aromatic rings. The number of Topliss-reactive ketones (excluding diaryl/α,β-unsaturated/α-hetero) is 1. The van der Waals surface area contributed by atoms with Crippen LogP contribution in [0.25, 0.3) is 5.57 Å². The van der Waals surface area contributed by atoms with Crippen LogP contribution < -0.4 is 0 Å². The van der Waals surface area contributed by atoms with Crippen LogP contribution in [0, 0.1) is 12.3 Å². The number of aliphatic hydroxyl groups excluding tert-OH is 1. The van der Waals surface area contributed by atoms with Crippen LogP contribution in [0.3, 0.4) is 0 Å². The fourth-order valence-corrected chi connectivity index (χ4v) is 6.12. The number of allylic oxidation sites excluding steroid dienone is 4. The quantitative estimate of drug-likeness (QED) is 0.442. The number of hydrogen-bond donors (Lipinski definition) is 1. The summed E-state index contributed by atoms with van der Waals surface area (Å²) in [4.78, 5) is 12.7. The highest BCUT2D eigenvalue weighted by atomic mass is 16.3. The third-order valence-electron chi connectivity index (χ3n) is 8.80. The molecule has 2 heteroatoms. The Labute approximate surface area is 218 Å². The summed E-state index contributed by atoms with van der Waals surface area (Å²) in [6.07, 6.45) is 8.20. The highest BCUT2D eigenvalue weighted by molar-refractivity contribution is 6.22. The Balaban J connectivity index is 0.00000148. The van der Waals surface area contributed by atoms with Gasteiger partial charge < -0.3 is 5.11 Å². The summed E-state index contributed by atoms with van der Waals surface area (Å²) in [5.41, 5.74) is 8.10. The second-order valence-corrected chi connectivity index (χ2v) is 12.7. The zero-order valence-electron chi connectivity index (χ0n) is 23.8. The largest absolute Gasteiger partial charge is 0.511 e. The first-order chi connectivity index (χ1) is 16.8. The van der Waals surface area contributed by atoms with Crippen molar-refractivity contribution in [1.29, 1.82) is 0 Å².